The summed E-state index contributed by atoms with van der Waals surface area (Å²) in [5.74, 6) is -1.40. The van der Waals surface area contributed by atoms with Crippen LogP contribution in [0.15, 0.2) is 35.5 Å². The van der Waals surface area contributed by atoms with E-state index in [1.807, 2.05) is 30.3 Å². The van der Waals surface area contributed by atoms with Gasteiger partial charge in [-0.2, -0.15) is 0 Å². The minimum Gasteiger partial charge on any atom is -0.477 e. The van der Waals surface area contributed by atoms with Crippen molar-refractivity contribution in [2.75, 3.05) is 13.6 Å². The average Bonchev–Trinajstić information content (AvgIpc) is 2.95. The predicted molar refractivity (Wildman–Crippen MR) is 72.3 cm³/mol. The lowest BCUT2D eigenvalue weighted by atomic mass is 10.1. The third-order valence-electron chi connectivity index (χ3n) is 3.15. The molecule has 0 aliphatic carbocycles. The van der Waals surface area contributed by atoms with E-state index >= 15 is 0 Å². The number of carboxylic acid groups (broad SMARTS) is 1. The lowest BCUT2D eigenvalue weighted by molar-refractivity contribution is -0.140. The molecule has 0 bridgehead atoms. The van der Waals surface area contributed by atoms with E-state index < -0.39 is 12.1 Å². The van der Waals surface area contributed by atoms with Crippen LogP contribution < -0.4 is 0 Å². The fourth-order valence-electron chi connectivity index (χ4n) is 1.93. The highest BCUT2D eigenvalue weighted by Crippen LogP contribution is 2.13. The number of oxime groups is 1. The second-order valence-electron chi connectivity index (χ2n) is 4.64. The van der Waals surface area contributed by atoms with E-state index in [2.05, 4.69) is 5.16 Å². The van der Waals surface area contributed by atoms with Crippen molar-refractivity contribution in [3.05, 3.63) is 35.9 Å². The summed E-state index contributed by atoms with van der Waals surface area (Å²) >= 11 is 0. The van der Waals surface area contributed by atoms with Crippen LogP contribution in [0.3, 0.4) is 0 Å². The van der Waals surface area contributed by atoms with E-state index in [1.54, 1.807) is 7.05 Å². The lowest BCUT2D eigenvalue weighted by Gasteiger charge is -2.19. The number of carboxylic acids is 1. The number of rotatable bonds is 5. The summed E-state index contributed by atoms with van der Waals surface area (Å²) in [5.41, 5.74) is 1.03. The first kappa shape index (κ1) is 14.0. The first-order chi connectivity index (χ1) is 9.58. The Kier molecular flexibility index (Phi) is 4.34. The van der Waals surface area contributed by atoms with Crippen molar-refractivity contribution in [1.82, 2.24) is 4.90 Å². The summed E-state index contributed by atoms with van der Waals surface area (Å²) < 4.78 is 0. The van der Waals surface area contributed by atoms with Crippen LogP contribution in [-0.4, -0.2) is 47.3 Å². The van der Waals surface area contributed by atoms with Gasteiger partial charge in [0.25, 0.3) is 5.91 Å². The molecule has 2 rings (SSSR count). The van der Waals surface area contributed by atoms with E-state index in [1.165, 1.54) is 4.90 Å². The zero-order valence-electron chi connectivity index (χ0n) is 11.2. The molecule has 20 heavy (non-hydrogen) atoms. The number of amides is 1. The monoisotopic (exact) mass is 276 g/mol. The molecular weight excluding hydrogens is 260 g/mol. The van der Waals surface area contributed by atoms with Gasteiger partial charge in [0.15, 0.2) is 5.71 Å². The van der Waals surface area contributed by atoms with Crippen LogP contribution in [-0.2, 0) is 20.8 Å². The van der Waals surface area contributed by atoms with Crippen molar-refractivity contribution < 1.29 is 19.5 Å². The molecule has 6 nitrogen and oxygen atoms in total. The van der Waals surface area contributed by atoms with Crippen molar-refractivity contribution in [3.8, 4) is 0 Å². The van der Waals surface area contributed by atoms with Crippen LogP contribution in [0, 0.1) is 0 Å². The summed E-state index contributed by atoms with van der Waals surface area (Å²) in [6, 6.07) is 9.83. The molecule has 1 unspecified atom stereocenters. The first-order valence-electron chi connectivity index (χ1n) is 6.33. The molecule has 1 atom stereocenters. The highest BCUT2D eigenvalue weighted by molar-refractivity contribution is 6.36. The third kappa shape index (κ3) is 3.34. The Morgan fingerprint density at radius 2 is 2.10 bits per heavy atom. The molecular formula is C14H16N2O4. The number of carbonyl (C=O) groups excluding carboxylic acids is 1. The van der Waals surface area contributed by atoms with Gasteiger partial charge in [0.05, 0.1) is 0 Å². The second-order valence-corrected chi connectivity index (χ2v) is 4.64. The second kappa shape index (κ2) is 6.18. The fourth-order valence-corrected chi connectivity index (χ4v) is 1.93. The molecule has 1 N–H and O–H groups in total. The molecule has 0 aromatic heterocycles. The number of hydrogen-bond donors (Lipinski definition) is 1. The highest BCUT2D eigenvalue weighted by atomic mass is 16.6. The van der Waals surface area contributed by atoms with Gasteiger partial charge in [-0.3, -0.25) is 4.79 Å². The number of aliphatic carboxylic acids is 1. The Morgan fingerprint density at radius 1 is 1.40 bits per heavy atom. The Balaban J connectivity index is 1.83. The van der Waals surface area contributed by atoms with Gasteiger partial charge in [-0.05, 0) is 12.0 Å². The molecule has 0 saturated carbocycles. The van der Waals surface area contributed by atoms with E-state index in [0.29, 0.717) is 6.54 Å². The van der Waals surface area contributed by atoms with Gasteiger partial charge < -0.3 is 14.8 Å². The first-order valence-corrected chi connectivity index (χ1v) is 6.33. The van der Waals surface area contributed by atoms with E-state index in [4.69, 9.17) is 9.94 Å². The van der Waals surface area contributed by atoms with Gasteiger partial charge in [0.1, 0.15) is 0 Å². The maximum absolute atomic E-state index is 12.1. The molecule has 6 heteroatoms. The van der Waals surface area contributed by atoms with Crippen molar-refractivity contribution in [2.24, 2.45) is 5.16 Å². The molecule has 1 aromatic carbocycles. The molecule has 1 aliphatic rings. The van der Waals surface area contributed by atoms with Gasteiger partial charge in [-0.25, -0.2) is 4.79 Å². The maximum Gasteiger partial charge on any atom is 0.353 e. The SMILES string of the molecule is CN(CCc1ccccc1)C(=O)C1CC(C(=O)O)=NO1. The summed E-state index contributed by atoms with van der Waals surface area (Å²) in [4.78, 5) is 29.2. The maximum atomic E-state index is 12.1. The molecule has 106 valence electrons. The van der Waals surface area contributed by atoms with Gasteiger partial charge in [0.2, 0.25) is 6.10 Å². The Bertz CT molecular complexity index is 527. The minimum absolute atomic E-state index is 0.0177. The number of likely N-dealkylation sites (N-methyl/N-ethyl adjacent to an activating group) is 1. The zero-order valence-corrected chi connectivity index (χ0v) is 11.2. The Hall–Kier alpha value is -2.37. The number of benzene rings is 1. The van der Waals surface area contributed by atoms with Crippen molar-refractivity contribution in [3.63, 3.8) is 0 Å². The summed E-state index contributed by atoms with van der Waals surface area (Å²) in [5, 5.41) is 12.2. The van der Waals surface area contributed by atoms with Crippen LogP contribution in [0.4, 0.5) is 0 Å². The molecule has 1 aliphatic heterocycles. The normalized spacial score (nSPS) is 17.2. The van der Waals surface area contributed by atoms with Crippen LogP contribution in [0.25, 0.3) is 0 Å². The summed E-state index contributed by atoms with van der Waals surface area (Å²) in [6.45, 7) is 0.547. The predicted octanol–water partition coefficient (Wildman–Crippen LogP) is 0.917. The van der Waals surface area contributed by atoms with Crippen molar-refractivity contribution >= 4 is 17.6 Å². The Labute approximate surface area is 116 Å². The Morgan fingerprint density at radius 3 is 2.70 bits per heavy atom. The van der Waals surface area contributed by atoms with E-state index in [0.717, 1.165) is 12.0 Å². The standard InChI is InChI=1S/C14H16N2O4/c1-16(8-7-10-5-3-2-4-6-10)13(17)12-9-11(14(18)19)15-20-12/h2-6,12H,7-9H2,1H3,(H,18,19). The zero-order chi connectivity index (χ0) is 14.5. The van der Waals surface area contributed by atoms with E-state index in [9.17, 15) is 9.59 Å². The number of carbonyl (C=O) groups is 2. The topological polar surface area (TPSA) is 79.2 Å². The third-order valence-corrected chi connectivity index (χ3v) is 3.15. The van der Waals surface area contributed by atoms with Crippen molar-refractivity contribution in [2.45, 2.75) is 18.9 Å². The molecule has 0 radical (unpaired) electrons. The fraction of sp³-hybridized carbons (Fsp3) is 0.357. The van der Waals surface area contributed by atoms with Gasteiger partial charge in [-0.15, -0.1) is 0 Å². The molecule has 0 spiro atoms. The molecule has 1 aromatic rings. The van der Waals surface area contributed by atoms with Crippen LogP contribution in [0.5, 0.6) is 0 Å². The molecule has 1 heterocycles. The molecule has 0 fully saturated rings. The van der Waals surface area contributed by atoms with Gasteiger partial charge >= 0.3 is 5.97 Å². The smallest absolute Gasteiger partial charge is 0.353 e. The number of nitrogens with zero attached hydrogens (tertiary/aromatic N) is 2. The van der Waals surface area contributed by atoms with Gasteiger partial charge in [-0.1, -0.05) is 35.5 Å². The van der Waals surface area contributed by atoms with Crippen LogP contribution in [0.1, 0.15) is 12.0 Å². The van der Waals surface area contributed by atoms with E-state index in [-0.39, 0.29) is 18.0 Å². The van der Waals surface area contributed by atoms with Crippen LogP contribution >= 0.6 is 0 Å². The summed E-state index contributed by atoms with van der Waals surface area (Å²) in [7, 11) is 1.67. The van der Waals surface area contributed by atoms with Crippen LogP contribution in [0.2, 0.25) is 0 Å². The molecule has 1 amide bonds. The highest BCUT2D eigenvalue weighted by Gasteiger charge is 2.33. The van der Waals surface area contributed by atoms with Gasteiger partial charge in [0, 0.05) is 20.0 Å². The lowest BCUT2D eigenvalue weighted by Crippen LogP contribution is -2.38. The largest absolute Gasteiger partial charge is 0.477 e. The quantitative estimate of drug-likeness (QED) is 0.867. The molecule has 0 saturated heterocycles. The average molecular weight is 276 g/mol. The minimum atomic E-state index is -1.15. The van der Waals surface area contributed by atoms with Crippen molar-refractivity contribution in [1.29, 1.82) is 0 Å². The number of hydrogen-bond acceptors (Lipinski definition) is 4. The summed E-state index contributed by atoms with van der Waals surface area (Å²) in [6.07, 6.45) is -0.0615.